The molecule has 3 rings (SSSR count). The molecule has 166 valence electrons. The lowest BCUT2D eigenvalue weighted by Crippen LogP contribution is -2.31. The van der Waals surface area contributed by atoms with Gasteiger partial charge in [0, 0.05) is 13.1 Å². The largest absolute Gasteiger partial charge is 0.494 e. The van der Waals surface area contributed by atoms with Gasteiger partial charge in [0.1, 0.15) is 17.3 Å². The summed E-state index contributed by atoms with van der Waals surface area (Å²) in [4.78, 5) is 21.2. The maximum Gasteiger partial charge on any atom is 0.258 e. The van der Waals surface area contributed by atoms with Gasteiger partial charge in [-0.2, -0.15) is 5.10 Å². The molecule has 0 saturated carbocycles. The molecule has 0 unspecified atom stereocenters. The number of hydrogen-bond acceptors (Lipinski definition) is 8. The predicted molar refractivity (Wildman–Crippen MR) is 122 cm³/mol. The molecular weight excluding hydrogens is 416 g/mol. The van der Waals surface area contributed by atoms with E-state index < -0.39 is 0 Å². The van der Waals surface area contributed by atoms with E-state index in [9.17, 15) is 4.79 Å². The number of fused-ring (bicyclic) bond motifs is 1. The molecule has 0 spiro atoms. The Hall–Kier alpha value is -3.01. The fourth-order valence-corrected chi connectivity index (χ4v) is 3.23. The van der Waals surface area contributed by atoms with Crippen LogP contribution in [0.25, 0.3) is 11.0 Å². The molecule has 0 saturated heterocycles. The maximum absolute atomic E-state index is 12.1. The average Bonchev–Trinajstić information content (AvgIpc) is 3.20. The van der Waals surface area contributed by atoms with Crippen LogP contribution in [0.3, 0.4) is 0 Å². The molecule has 1 amide bonds. The van der Waals surface area contributed by atoms with E-state index in [1.165, 1.54) is 11.8 Å². The Kier molecular flexibility index (Phi) is 8.34. The fourth-order valence-electron chi connectivity index (χ4n) is 2.87. The van der Waals surface area contributed by atoms with E-state index >= 15 is 0 Å². The van der Waals surface area contributed by atoms with E-state index in [2.05, 4.69) is 32.6 Å². The van der Waals surface area contributed by atoms with Gasteiger partial charge >= 0.3 is 0 Å². The molecule has 10 heteroatoms. The highest BCUT2D eigenvalue weighted by Gasteiger charge is 2.13. The molecule has 0 bridgehead atoms. The number of amides is 1. The van der Waals surface area contributed by atoms with Crippen LogP contribution in [0.15, 0.2) is 35.6 Å². The lowest BCUT2D eigenvalue weighted by Gasteiger charge is -2.10. The number of hydrogen-bond donors (Lipinski definition) is 2. The van der Waals surface area contributed by atoms with Crippen LogP contribution in [0.5, 0.6) is 11.5 Å². The number of nitrogens with one attached hydrogen (secondary N) is 2. The number of thioether (sulfide) groups is 1. The van der Waals surface area contributed by atoms with Crippen molar-refractivity contribution in [2.45, 2.75) is 32.0 Å². The first-order valence-electron chi connectivity index (χ1n) is 10.3. The summed E-state index contributed by atoms with van der Waals surface area (Å²) in [5.74, 6) is 1.97. The lowest BCUT2D eigenvalue weighted by molar-refractivity contribution is -0.123. The molecule has 9 nitrogen and oxygen atoms in total. The van der Waals surface area contributed by atoms with Crippen molar-refractivity contribution in [1.82, 2.24) is 25.1 Å². The van der Waals surface area contributed by atoms with Gasteiger partial charge in [-0.3, -0.25) is 4.79 Å². The van der Waals surface area contributed by atoms with Gasteiger partial charge < -0.3 is 20.1 Å². The van der Waals surface area contributed by atoms with E-state index in [0.29, 0.717) is 30.6 Å². The highest BCUT2D eigenvalue weighted by atomic mass is 32.2. The lowest BCUT2D eigenvalue weighted by atomic mass is 10.3. The zero-order valence-electron chi connectivity index (χ0n) is 18.1. The van der Waals surface area contributed by atoms with Gasteiger partial charge in [0.2, 0.25) is 0 Å². The molecule has 0 radical (unpaired) electrons. The van der Waals surface area contributed by atoms with Crippen LogP contribution in [0.4, 0.5) is 5.82 Å². The van der Waals surface area contributed by atoms with Crippen LogP contribution in [-0.2, 0) is 11.3 Å². The van der Waals surface area contributed by atoms with Gasteiger partial charge in [0.05, 0.1) is 24.7 Å². The Labute approximate surface area is 185 Å². The van der Waals surface area contributed by atoms with Crippen LogP contribution in [0, 0.1) is 0 Å². The average molecular weight is 445 g/mol. The second-order valence-corrected chi connectivity index (χ2v) is 7.41. The quantitative estimate of drug-likeness (QED) is 0.325. The first kappa shape index (κ1) is 22.7. The highest BCUT2D eigenvalue weighted by Crippen LogP contribution is 2.23. The normalized spacial score (nSPS) is 10.8. The Morgan fingerprint density at radius 2 is 1.84 bits per heavy atom. The second kappa shape index (κ2) is 11.4. The molecule has 0 aliphatic heterocycles. The molecule has 1 aromatic carbocycles. The number of benzene rings is 1. The SMILES string of the molecule is CCCNc1nc(SC)nc2c1cnn2CCNC(=O)COc1ccc(OCC)cc1. The smallest absolute Gasteiger partial charge is 0.258 e. The number of ether oxygens (including phenoxy) is 2. The number of anilines is 1. The summed E-state index contributed by atoms with van der Waals surface area (Å²) >= 11 is 1.48. The molecule has 31 heavy (non-hydrogen) atoms. The topological polar surface area (TPSA) is 103 Å². The van der Waals surface area contributed by atoms with E-state index in [0.717, 1.165) is 35.6 Å². The van der Waals surface area contributed by atoms with Gasteiger partial charge in [-0.05, 0) is 43.9 Å². The van der Waals surface area contributed by atoms with Crippen LogP contribution in [0.2, 0.25) is 0 Å². The summed E-state index contributed by atoms with van der Waals surface area (Å²) in [6.45, 7) is 6.32. The van der Waals surface area contributed by atoms with Crippen molar-refractivity contribution in [3.8, 4) is 11.5 Å². The third kappa shape index (κ3) is 6.24. The monoisotopic (exact) mass is 444 g/mol. The van der Waals surface area contributed by atoms with Crippen molar-refractivity contribution in [1.29, 1.82) is 0 Å². The predicted octanol–water partition coefficient (Wildman–Crippen LogP) is 2.96. The van der Waals surface area contributed by atoms with E-state index in [-0.39, 0.29) is 12.5 Å². The number of aromatic nitrogens is 4. The molecule has 2 heterocycles. The molecule has 2 N–H and O–H groups in total. The third-order valence-electron chi connectivity index (χ3n) is 4.35. The molecular formula is C21H28N6O3S. The fraction of sp³-hybridized carbons (Fsp3) is 0.429. The van der Waals surface area contributed by atoms with Crippen molar-refractivity contribution in [3.05, 3.63) is 30.5 Å². The molecule has 0 aliphatic carbocycles. The zero-order chi connectivity index (χ0) is 22.1. The van der Waals surface area contributed by atoms with Gasteiger partial charge in [0.25, 0.3) is 5.91 Å². The van der Waals surface area contributed by atoms with Crippen molar-refractivity contribution in [3.63, 3.8) is 0 Å². The van der Waals surface area contributed by atoms with E-state index in [1.54, 1.807) is 23.0 Å². The zero-order valence-corrected chi connectivity index (χ0v) is 18.9. The first-order valence-corrected chi connectivity index (χ1v) is 11.5. The van der Waals surface area contributed by atoms with Crippen LogP contribution in [-0.4, -0.2) is 58.2 Å². The van der Waals surface area contributed by atoms with Crippen LogP contribution >= 0.6 is 11.8 Å². The van der Waals surface area contributed by atoms with Crippen molar-refractivity contribution >= 4 is 34.5 Å². The van der Waals surface area contributed by atoms with Crippen molar-refractivity contribution in [2.24, 2.45) is 0 Å². The molecule has 3 aromatic rings. The van der Waals surface area contributed by atoms with Crippen LogP contribution in [0.1, 0.15) is 20.3 Å². The van der Waals surface area contributed by atoms with Crippen molar-refractivity contribution in [2.75, 3.05) is 37.9 Å². The van der Waals surface area contributed by atoms with Gasteiger partial charge in [0.15, 0.2) is 17.4 Å². The van der Waals surface area contributed by atoms with E-state index in [4.69, 9.17) is 9.47 Å². The Morgan fingerprint density at radius 3 is 2.52 bits per heavy atom. The van der Waals surface area contributed by atoms with Crippen LogP contribution < -0.4 is 20.1 Å². The minimum absolute atomic E-state index is 0.0578. The van der Waals surface area contributed by atoms with Gasteiger partial charge in [-0.25, -0.2) is 14.6 Å². The number of nitrogens with zero attached hydrogens (tertiary/aromatic N) is 4. The summed E-state index contributed by atoms with van der Waals surface area (Å²) in [7, 11) is 0. The number of rotatable bonds is 12. The highest BCUT2D eigenvalue weighted by molar-refractivity contribution is 7.98. The number of carbonyl (C=O) groups is 1. The summed E-state index contributed by atoms with van der Waals surface area (Å²) in [6, 6.07) is 7.18. The Morgan fingerprint density at radius 1 is 1.10 bits per heavy atom. The molecule has 2 aromatic heterocycles. The number of carbonyl (C=O) groups excluding carboxylic acids is 1. The first-order chi connectivity index (χ1) is 15.1. The summed E-state index contributed by atoms with van der Waals surface area (Å²) in [5.41, 5.74) is 0.748. The molecule has 0 aliphatic rings. The standard InChI is InChI=1S/C21H28N6O3S/c1-4-10-23-19-17-13-24-27(20(17)26-21(25-19)31-3)12-11-22-18(28)14-30-16-8-6-15(7-9-16)29-5-2/h6-9,13H,4-5,10-12,14H2,1-3H3,(H,22,28)(H,23,25,26). The maximum atomic E-state index is 12.1. The molecule has 0 atom stereocenters. The minimum Gasteiger partial charge on any atom is -0.494 e. The summed E-state index contributed by atoms with van der Waals surface area (Å²) < 4.78 is 12.7. The minimum atomic E-state index is -0.199. The third-order valence-corrected chi connectivity index (χ3v) is 4.90. The Balaban J connectivity index is 1.53. The van der Waals surface area contributed by atoms with Gasteiger partial charge in [-0.1, -0.05) is 18.7 Å². The summed E-state index contributed by atoms with van der Waals surface area (Å²) in [6.07, 6.45) is 4.70. The second-order valence-electron chi connectivity index (χ2n) is 6.63. The molecule has 0 fully saturated rings. The van der Waals surface area contributed by atoms with Gasteiger partial charge in [-0.15, -0.1) is 0 Å². The van der Waals surface area contributed by atoms with E-state index in [1.807, 2.05) is 25.3 Å². The summed E-state index contributed by atoms with van der Waals surface area (Å²) in [5, 5.41) is 12.2. The van der Waals surface area contributed by atoms with Crippen molar-refractivity contribution < 1.29 is 14.3 Å². The Bertz CT molecular complexity index is 993.